The number of hydrogen-bond acceptors (Lipinski definition) is 2. The van der Waals surface area contributed by atoms with Crippen LogP contribution in [0.5, 0.6) is 0 Å². The summed E-state index contributed by atoms with van der Waals surface area (Å²) in [5.74, 6) is -0.167. The Kier molecular flexibility index (Phi) is 7.17. The zero-order valence-corrected chi connectivity index (χ0v) is 17.0. The van der Waals surface area contributed by atoms with E-state index < -0.39 is 6.04 Å². The Bertz CT molecular complexity index is 794. The zero-order chi connectivity index (χ0) is 20.0. The molecule has 0 unspecified atom stereocenters. The second-order valence-corrected chi connectivity index (χ2v) is 7.25. The van der Waals surface area contributed by atoms with Gasteiger partial charge in [-0.05, 0) is 45.7 Å². The van der Waals surface area contributed by atoms with Gasteiger partial charge in [-0.3, -0.25) is 9.59 Å². The maximum atomic E-state index is 13.1. The first kappa shape index (κ1) is 20.7. The van der Waals surface area contributed by atoms with Crippen LogP contribution in [0.1, 0.15) is 41.7 Å². The largest absolute Gasteiger partial charge is 0.355 e. The zero-order valence-electron chi connectivity index (χ0n) is 17.0. The summed E-state index contributed by atoms with van der Waals surface area (Å²) in [6, 6.07) is 13.7. The molecule has 1 N–H and O–H groups in total. The second-order valence-electron chi connectivity index (χ2n) is 7.25. The minimum absolute atomic E-state index is 0.0414. The van der Waals surface area contributed by atoms with E-state index >= 15 is 0 Å². The average molecular weight is 367 g/mol. The maximum absolute atomic E-state index is 13.1. The molecular formula is C23H30N2O2. The molecular weight excluding hydrogens is 336 g/mol. The fourth-order valence-corrected chi connectivity index (χ4v) is 3.36. The number of nitrogens with one attached hydrogen (secondary N) is 1. The lowest BCUT2D eigenvalue weighted by Gasteiger charge is -2.29. The molecule has 2 rings (SSSR count). The van der Waals surface area contributed by atoms with Crippen LogP contribution in [0.2, 0.25) is 0 Å². The highest BCUT2D eigenvalue weighted by Crippen LogP contribution is 2.15. The van der Waals surface area contributed by atoms with Crippen molar-refractivity contribution in [1.29, 1.82) is 0 Å². The Morgan fingerprint density at radius 1 is 0.963 bits per heavy atom. The third-order valence-corrected chi connectivity index (χ3v) is 4.59. The highest BCUT2D eigenvalue weighted by atomic mass is 16.2. The average Bonchev–Trinajstić information content (AvgIpc) is 2.58. The van der Waals surface area contributed by atoms with E-state index in [-0.39, 0.29) is 18.2 Å². The standard InChI is InChI=1S/C23H30N2O2/c1-6-24-23(27)19(5)25(15-20-9-7-8-16(2)11-20)22(26)14-21-12-17(3)10-18(4)13-21/h7-13,19H,6,14-15H2,1-5H3,(H,24,27)/t19-/m1/s1. The summed E-state index contributed by atoms with van der Waals surface area (Å²) < 4.78 is 0. The lowest BCUT2D eigenvalue weighted by molar-refractivity contribution is -0.140. The molecule has 144 valence electrons. The molecule has 0 aliphatic carbocycles. The first-order chi connectivity index (χ1) is 12.8. The van der Waals surface area contributed by atoms with Crippen LogP contribution in [0, 0.1) is 20.8 Å². The van der Waals surface area contributed by atoms with Gasteiger partial charge >= 0.3 is 0 Å². The fraction of sp³-hybridized carbons (Fsp3) is 0.391. The summed E-state index contributed by atoms with van der Waals surface area (Å²) in [4.78, 5) is 27.2. The lowest BCUT2D eigenvalue weighted by atomic mass is 10.0. The van der Waals surface area contributed by atoms with E-state index in [0.29, 0.717) is 13.1 Å². The molecule has 2 amide bonds. The number of carbonyl (C=O) groups is 2. The van der Waals surface area contributed by atoms with Crippen molar-refractivity contribution >= 4 is 11.8 Å². The number of benzene rings is 2. The van der Waals surface area contributed by atoms with Gasteiger partial charge in [0.05, 0.1) is 6.42 Å². The van der Waals surface area contributed by atoms with Crippen molar-refractivity contribution in [2.45, 2.75) is 53.6 Å². The van der Waals surface area contributed by atoms with Crippen LogP contribution in [0.15, 0.2) is 42.5 Å². The van der Waals surface area contributed by atoms with Gasteiger partial charge in [-0.25, -0.2) is 0 Å². The molecule has 0 heterocycles. The predicted octanol–water partition coefficient (Wildman–Crippen LogP) is 3.71. The number of nitrogens with zero attached hydrogens (tertiary/aromatic N) is 1. The molecule has 2 aromatic carbocycles. The van der Waals surface area contributed by atoms with Gasteiger partial charge < -0.3 is 10.2 Å². The monoisotopic (exact) mass is 366 g/mol. The molecule has 27 heavy (non-hydrogen) atoms. The van der Waals surface area contributed by atoms with Gasteiger partial charge in [0.2, 0.25) is 11.8 Å². The van der Waals surface area contributed by atoms with Gasteiger partial charge in [-0.15, -0.1) is 0 Å². The van der Waals surface area contributed by atoms with Gasteiger partial charge in [-0.2, -0.15) is 0 Å². The molecule has 0 aliphatic heterocycles. The minimum Gasteiger partial charge on any atom is -0.355 e. The molecule has 0 saturated heterocycles. The summed E-state index contributed by atoms with van der Waals surface area (Å²) >= 11 is 0. The van der Waals surface area contributed by atoms with E-state index in [0.717, 1.165) is 27.8 Å². The molecule has 1 atom stereocenters. The van der Waals surface area contributed by atoms with Crippen LogP contribution in [0.4, 0.5) is 0 Å². The molecule has 0 spiro atoms. The highest BCUT2D eigenvalue weighted by molar-refractivity contribution is 5.88. The SMILES string of the molecule is CCNC(=O)[C@@H](C)N(Cc1cccc(C)c1)C(=O)Cc1cc(C)cc(C)c1. The molecule has 0 fully saturated rings. The van der Waals surface area contributed by atoms with Gasteiger partial charge in [0.15, 0.2) is 0 Å². The molecule has 4 heteroatoms. The van der Waals surface area contributed by atoms with E-state index in [9.17, 15) is 9.59 Å². The summed E-state index contributed by atoms with van der Waals surface area (Å²) in [6.45, 7) is 10.7. The van der Waals surface area contributed by atoms with Crippen LogP contribution in [-0.4, -0.2) is 29.3 Å². The maximum Gasteiger partial charge on any atom is 0.242 e. The van der Waals surface area contributed by atoms with Crippen LogP contribution in [0.25, 0.3) is 0 Å². The van der Waals surface area contributed by atoms with Gasteiger partial charge in [0, 0.05) is 13.1 Å². The summed E-state index contributed by atoms with van der Waals surface area (Å²) in [5.41, 5.74) is 5.43. The minimum atomic E-state index is -0.524. The second kappa shape index (κ2) is 9.36. The third-order valence-electron chi connectivity index (χ3n) is 4.59. The first-order valence-electron chi connectivity index (χ1n) is 9.50. The number of rotatable bonds is 7. The van der Waals surface area contributed by atoms with E-state index in [1.54, 1.807) is 11.8 Å². The first-order valence-corrected chi connectivity index (χ1v) is 9.50. The molecule has 0 radical (unpaired) electrons. The van der Waals surface area contributed by atoms with Crippen LogP contribution >= 0.6 is 0 Å². The van der Waals surface area contributed by atoms with Crippen molar-refractivity contribution in [1.82, 2.24) is 10.2 Å². The Morgan fingerprint density at radius 2 is 1.59 bits per heavy atom. The Morgan fingerprint density at radius 3 is 2.19 bits per heavy atom. The predicted molar refractivity (Wildman–Crippen MR) is 109 cm³/mol. The van der Waals surface area contributed by atoms with Crippen molar-refractivity contribution in [2.75, 3.05) is 6.54 Å². The molecule has 2 aromatic rings. The van der Waals surface area contributed by atoms with Gasteiger partial charge in [0.1, 0.15) is 6.04 Å². The summed E-state index contributed by atoms with van der Waals surface area (Å²) in [6.07, 6.45) is 0.290. The normalized spacial score (nSPS) is 11.7. The van der Waals surface area contributed by atoms with Crippen LogP contribution < -0.4 is 5.32 Å². The molecule has 4 nitrogen and oxygen atoms in total. The molecule has 0 saturated carbocycles. The van der Waals surface area contributed by atoms with Crippen molar-refractivity contribution in [3.8, 4) is 0 Å². The van der Waals surface area contributed by atoms with Crippen LogP contribution in [-0.2, 0) is 22.6 Å². The van der Waals surface area contributed by atoms with E-state index in [4.69, 9.17) is 0 Å². The summed E-state index contributed by atoms with van der Waals surface area (Å²) in [5, 5.41) is 2.83. The van der Waals surface area contributed by atoms with Gasteiger partial charge in [-0.1, -0.05) is 59.2 Å². The van der Waals surface area contributed by atoms with E-state index in [2.05, 4.69) is 17.4 Å². The van der Waals surface area contributed by atoms with E-state index in [1.807, 2.05) is 58.0 Å². The quantitative estimate of drug-likeness (QED) is 0.812. The van der Waals surface area contributed by atoms with Crippen molar-refractivity contribution in [3.05, 3.63) is 70.3 Å². The highest BCUT2D eigenvalue weighted by Gasteiger charge is 2.26. The van der Waals surface area contributed by atoms with Crippen molar-refractivity contribution in [2.24, 2.45) is 0 Å². The topological polar surface area (TPSA) is 49.4 Å². The van der Waals surface area contributed by atoms with Gasteiger partial charge in [0.25, 0.3) is 0 Å². The smallest absolute Gasteiger partial charge is 0.242 e. The Balaban J connectivity index is 2.26. The van der Waals surface area contributed by atoms with Crippen molar-refractivity contribution in [3.63, 3.8) is 0 Å². The van der Waals surface area contributed by atoms with E-state index in [1.165, 1.54) is 0 Å². The number of aryl methyl sites for hydroxylation is 3. The summed E-state index contributed by atoms with van der Waals surface area (Å²) in [7, 11) is 0. The van der Waals surface area contributed by atoms with Crippen molar-refractivity contribution < 1.29 is 9.59 Å². The molecule has 0 aliphatic rings. The third kappa shape index (κ3) is 5.95. The fourth-order valence-electron chi connectivity index (χ4n) is 3.36. The number of hydrogen-bond donors (Lipinski definition) is 1. The molecule has 0 bridgehead atoms. The Labute approximate surface area is 162 Å². The number of carbonyl (C=O) groups excluding carboxylic acids is 2. The molecule has 0 aromatic heterocycles. The number of likely N-dealkylation sites (N-methyl/N-ethyl adjacent to an activating group) is 1. The lowest BCUT2D eigenvalue weighted by Crippen LogP contribution is -2.48. The van der Waals surface area contributed by atoms with Crippen LogP contribution in [0.3, 0.4) is 0 Å². The Hall–Kier alpha value is -2.62. The number of amides is 2.